The van der Waals surface area contributed by atoms with Gasteiger partial charge in [0.05, 0.1) is 51.6 Å². The van der Waals surface area contributed by atoms with Gasteiger partial charge < -0.3 is 20.1 Å². The minimum absolute atomic E-state index is 0.00827. The smallest absolute Gasteiger partial charge is 0.248 e. The van der Waals surface area contributed by atoms with Crippen molar-refractivity contribution in [1.82, 2.24) is 20.0 Å². The number of hydrogen-bond acceptors (Lipinski definition) is 7. The van der Waals surface area contributed by atoms with Gasteiger partial charge in [0.25, 0.3) is 0 Å². The maximum absolute atomic E-state index is 14.3. The molecule has 5 rings (SSSR count). The fourth-order valence-electron chi connectivity index (χ4n) is 6.23. The van der Waals surface area contributed by atoms with Crippen LogP contribution in [0.4, 0.5) is 13.2 Å². The number of methoxy groups -OCH3 is 1. The summed E-state index contributed by atoms with van der Waals surface area (Å²) in [7, 11) is 0.0164. The van der Waals surface area contributed by atoms with Crippen LogP contribution in [-0.2, 0) is 4.74 Å². The second-order valence-corrected chi connectivity index (χ2v) is 14.5. The van der Waals surface area contributed by atoms with Gasteiger partial charge >= 0.3 is 0 Å². The molecule has 6 atom stereocenters. The van der Waals surface area contributed by atoms with Crippen molar-refractivity contribution in [3.8, 4) is 11.3 Å². The highest BCUT2D eigenvalue weighted by Gasteiger charge is 2.54. The van der Waals surface area contributed by atoms with Gasteiger partial charge in [-0.05, 0) is 43.5 Å². The van der Waals surface area contributed by atoms with Crippen LogP contribution in [0.3, 0.4) is 0 Å². The Morgan fingerprint density at radius 1 is 1.21 bits per heavy atom. The zero-order valence-electron chi connectivity index (χ0n) is 23.0. The van der Waals surface area contributed by atoms with E-state index in [0.29, 0.717) is 17.0 Å². The highest BCUT2D eigenvalue weighted by molar-refractivity contribution is 8.18. The van der Waals surface area contributed by atoms with E-state index in [1.54, 1.807) is 12.3 Å². The molecule has 0 spiro atoms. The number of aryl methyl sites for hydroxylation is 1. The molecule has 2 aliphatic rings. The molecule has 0 radical (unpaired) electrons. The Labute approximate surface area is 254 Å². The third-order valence-corrected chi connectivity index (χ3v) is 12.8. The van der Waals surface area contributed by atoms with Crippen LogP contribution in [0.15, 0.2) is 36.7 Å². The number of halogens is 5. The minimum atomic E-state index is -2.87. The Morgan fingerprint density at radius 2 is 1.93 bits per heavy atom. The lowest BCUT2D eigenvalue weighted by Crippen LogP contribution is -2.54. The fourth-order valence-corrected chi connectivity index (χ4v) is 10.4. The van der Waals surface area contributed by atoms with E-state index in [4.69, 9.17) is 27.9 Å². The van der Waals surface area contributed by atoms with E-state index in [-0.39, 0.29) is 28.6 Å². The Kier molecular flexibility index (Phi) is 9.16. The minimum Gasteiger partial charge on any atom is -0.395 e. The molecular weight excluding hydrogens is 616 g/mol. The zero-order chi connectivity index (χ0) is 30.4. The second-order valence-electron chi connectivity index (χ2n) is 11.1. The Hall–Kier alpha value is -1.93. The van der Waals surface area contributed by atoms with Crippen molar-refractivity contribution in [2.45, 2.75) is 72.9 Å². The topological polar surface area (TPSA) is 114 Å². The number of aliphatic hydroxyl groups is 3. The predicted octanol–water partition coefficient (Wildman–Crippen LogP) is 5.07. The number of hydrogen-bond donors (Lipinski definition) is 4. The molecule has 42 heavy (non-hydrogen) atoms. The number of nitrogens with zero attached hydrogens (tertiary/aromatic N) is 4. The number of aromatic nitrogens is 4. The lowest BCUT2D eigenvalue weighted by molar-refractivity contribution is -0.105. The summed E-state index contributed by atoms with van der Waals surface area (Å²) in [6.07, 6.45) is 0.0678. The van der Waals surface area contributed by atoms with Crippen LogP contribution in [0.2, 0.25) is 10.0 Å². The first-order valence-electron chi connectivity index (χ1n) is 13.5. The van der Waals surface area contributed by atoms with E-state index < -0.39 is 76.4 Å². The van der Waals surface area contributed by atoms with Gasteiger partial charge in [-0.25, -0.2) is 28.7 Å². The van der Waals surface area contributed by atoms with Crippen LogP contribution < -0.4 is 0 Å². The summed E-state index contributed by atoms with van der Waals surface area (Å²) in [5.41, 5.74) is 0.453. The van der Waals surface area contributed by atoms with Gasteiger partial charge in [-0.2, -0.15) is 0 Å². The van der Waals surface area contributed by atoms with Gasteiger partial charge in [0.1, 0.15) is 17.6 Å². The summed E-state index contributed by atoms with van der Waals surface area (Å²) in [6, 6.07) is 5.45. The Balaban J connectivity index is 1.52. The molecule has 1 aliphatic heterocycles. The summed E-state index contributed by atoms with van der Waals surface area (Å²) in [5, 5.41) is 41.1. The average molecular weight is 650 g/mol. The van der Waals surface area contributed by atoms with E-state index in [1.807, 2.05) is 13.0 Å². The van der Waals surface area contributed by atoms with E-state index in [1.165, 1.54) is 30.1 Å². The molecule has 3 heterocycles. The molecule has 1 saturated heterocycles. The first kappa shape index (κ1) is 31.5. The van der Waals surface area contributed by atoms with Gasteiger partial charge in [0.2, 0.25) is 5.92 Å². The summed E-state index contributed by atoms with van der Waals surface area (Å²) >= 11 is 11.9. The van der Waals surface area contributed by atoms with Crippen molar-refractivity contribution >= 4 is 34.1 Å². The molecule has 3 aromatic rings. The van der Waals surface area contributed by atoms with E-state index in [0.717, 1.165) is 5.56 Å². The van der Waals surface area contributed by atoms with Crippen LogP contribution in [0.25, 0.3) is 11.3 Å². The number of alkyl halides is 2. The van der Waals surface area contributed by atoms with Crippen molar-refractivity contribution in [3.63, 3.8) is 0 Å². The van der Waals surface area contributed by atoms with E-state index in [2.05, 4.69) is 15.3 Å². The molecule has 230 valence electrons. The molecule has 0 bridgehead atoms. The maximum Gasteiger partial charge on any atom is 0.248 e. The Bertz CT molecular complexity index is 1400. The van der Waals surface area contributed by atoms with Crippen molar-refractivity contribution in [1.29, 1.82) is 0 Å². The highest BCUT2D eigenvalue weighted by atomic mass is 35.5. The van der Waals surface area contributed by atoms with Crippen LogP contribution in [-0.4, -0.2) is 83.7 Å². The Morgan fingerprint density at radius 3 is 2.55 bits per heavy atom. The summed E-state index contributed by atoms with van der Waals surface area (Å²) in [5.74, 6) is -3.27. The lowest BCUT2D eigenvalue weighted by atomic mass is 9.79. The monoisotopic (exact) mass is 648 g/mol. The number of pyridine rings is 1. The van der Waals surface area contributed by atoms with Crippen LogP contribution >= 0.6 is 34.1 Å². The standard InChI is InChI=1S/C28H33Cl2F3N4O4S/c1-15-4-3-9-34-23(15)26(27(40)5-7-28(32,33)8-6-27)42-14-20(41-2)24(25(39)21(42)13-38)37-12-19(35-36-37)16-10-17(29)22(30)18(31)11-16/h3-4,9-12,20-21,24-26,38-40,42H,5-8,13-14H2,1-2H3/t20-,21+,24+,25-,26?/m0/s1. The molecule has 1 aromatic carbocycles. The molecule has 0 amide bonds. The molecule has 2 aromatic heterocycles. The zero-order valence-corrected chi connectivity index (χ0v) is 25.4. The molecular formula is C28H33Cl2F3N4O4S. The SMILES string of the molecule is CO[C@H]1C[SH](C(c2ncccc2C)C2(O)CCC(F)(F)CC2)[C@H](CO)[C@H](O)[C@@H]1n1cc(-c2cc(F)c(Cl)c(Cl)c2)nn1. The van der Waals surface area contributed by atoms with Crippen molar-refractivity contribution in [3.05, 3.63) is 63.8 Å². The number of benzene rings is 1. The number of rotatable bonds is 7. The molecule has 1 aliphatic carbocycles. The van der Waals surface area contributed by atoms with Gasteiger partial charge in [-0.3, -0.25) is 4.98 Å². The second kappa shape index (κ2) is 12.2. The molecule has 8 nitrogen and oxygen atoms in total. The number of ether oxygens (including phenoxy) is 1. The van der Waals surface area contributed by atoms with Gasteiger partial charge in [0.15, 0.2) is 0 Å². The van der Waals surface area contributed by atoms with Gasteiger partial charge in [0, 0.05) is 42.7 Å². The molecule has 3 N–H and O–H groups in total. The molecule has 14 heteroatoms. The summed E-state index contributed by atoms with van der Waals surface area (Å²) in [4.78, 5) is 4.58. The number of aliphatic hydroxyl groups excluding tert-OH is 2. The molecule has 2 unspecified atom stereocenters. The highest BCUT2D eigenvalue weighted by Crippen LogP contribution is 2.61. The first-order chi connectivity index (χ1) is 19.9. The number of thiol groups is 1. The van der Waals surface area contributed by atoms with Crippen molar-refractivity contribution < 1.29 is 33.2 Å². The van der Waals surface area contributed by atoms with E-state index >= 15 is 0 Å². The maximum atomic E-state index is 14.3. The van der Waals surface area contributed by atoms with Gasteiger partial charge in [-0.15, -0.1) is 5.10 Å². The van der Waals surface area contributed by atoms with Crippen LogP contribution in [0.1, 0.15) is 48.2 Å². The largest absolute Gasteiger partial charge is 0.395 e. The van der Waals surface area contributed by atoms with Crippen molar-refractivity contribution in [2.75, 3.05) is 19.5 Å². The average Bonchev–Trinajstić information content (AvgIpc) is 3.44. The summed E-state index contributed by atoms with van der Waals surface area (Å²) in [6.45, 7) is 1.42. The summed E-state index contributed by atoms with van der Waals surface area (Å²) < 4.78 is 50.0. The fraction of sp³-hybridized carbons (Fsp3) is 0.536. The van der Waals surface area contributed by atoms with Crippen LogP contribution in [0, 0.1) is 12.7 Å². The molecule has 1 saturated carbocycles. The van der Waals surface area contributed by atoms with E-state index in [9.17, 15) is 28.5 Å². The molecule has 2 fully saturated rings. The predicted molar refractivity (Wildman–Crippen MR) is 156 cm³/mol. The van der Waals surface area contributed by atoms with Crippen molar-refractivity contribution in [2.24, 2.45) is 0 Å². The lowest BCUT2D eigenvalue weighted by Gasteiger charge is -2.53. The third-order valence-electron chi connectivity index (χ3n) is 8.52. The van der Waals surface area contributed by atoms with Gasteiger partial charge in [-0.1, -0.05) is 34.5 Å². The van der Waals surface area contributed by atoms with Crippen LogP contribution in [0.5, 0.6) is 0 Å². The normalized spacial score (nSPS) is 28.9. The quantitative estimate of drug-likeness (QED) is 0.209. The third kappa shape index (κ3) is 5.91. The first-order valence-corrected chi connectivity index (χ1v) is 16.0.